The van der Waals surface area contributed by atoms with Gasteiger partial charge in [-0.3, -0.25) is 4.79 Å². The summed E-state index contributed by atoms with van der Waals surface area (Å²) in [7, 11) is 1.20. The number of hydrogen-bond donors (Lipinski definition) is 0. The van der Waals surface area contributed by atoms with Crippen LogP contribution in [0.3, 0.4) is 0 Å². The van der Waals surface area contributed by atoms with E-state index in [2.05, 4.69) is 41.6 Å². The molecule has 0 atom stereocenters. The first-order chi connectivity index (χ1) is 7.45. The van der Waals surface area contributed by atoms with E-state index in [1.54, 1.807) is 0 Å². The summed E-state index contributed by atoms with van der Waals surface area (Å²) in [5.41, 5.74) is -0.281. The number of hydrogen-bond acceptors (Lipinski definition) is 3. The topological polar surface area (TPSA) is 39.2 Å². The van der Waals surface area contributed by atoms with Gasteiger partial charge in [0.2, 0.25) is 0 Å². The highest BCUT2D eigenvalue weighted by atomic mass is 79.9. The molecule has 0 fully saturated rings. The zero-order chi connectivity index (χ0) is 12.3. The second-order valence-corrected chi connectivity index (χ2v) is 4.51. The quantitative estimate of drug-likeness (QED) is 0.615. The number of methoxy groups -OCH3 is 1. The van der Waals surface area contributed by atoms with Crippen LogP contribution in [-0.4, -0.2) is 18.1 Å². The van der Waals surface area contributed by atoms with E-state index in [-0.39, 0.29) is 16.6 Å². The van der Waals surface area contributed by atoms with Crippen LogP contribution in [0.15, 0.2) is 15.1 Å². The summed E-state index contributed by atoms with van der Waals surface area (Å²) in [4.78, 5) is 14.7. The van der Waals surface area contributed by atoms with Crippen molar-refractivity contribution in [3.05, 3.63) is 26.4 Å². The lowest BCUT2D eigenvalue weighted by atomic mass is 10.1. The maximum absolute atomic E-state index is 12.7. The van der Waals surface area contributed by atoms with Gasteiger partial charge in [0, 0.05) is 10.0 Å². The average Bonchev–Trinajstić information content (AvgIpc) is 2.20. The first-order valence-corrected chi connectivity index (χ1v) is 5.74. The summed E-state index contributed by atoms with van der Waals surface area (Å²) < 4.78 is 30.5. The van der Waals surface area contributed by atoms with Gasteiger partial charge in [0.05, 0.1) is 13.5 Å². The largest absolute Gasteiger partial charge is 0.469 e. The summed E-state index contributed by atoms with van der Waals surface area (Å²) in [5, 5.41) is 0. The van der Waals surface area contributed by atoms with E-state index in [0.29, 0.717) is 4.47 Å². The van der Waals surface area contributed by atoms with Crippen LogP contribution in [0.2, 0.25) is 0 Å². The number of pyridine rings is 1. The zero-order valence-electron chi connectivity index (χ0n) is 8.14. The molecule has 0 aliphatic heterocycles. The maximum Gasteiger partial charge on any atom is 0.310 e. The molecule has 0 aliphatic carbocycles. The van der Waals surface area contributed by atoms with Gasteiger partial charge in [-0.2, -0.15) is 0 Å². The van der Waals surface area contributed by atoms with Crippen LogP contribution in [0.1, 0.15) is 17.7 Å². The Morgan fingerprint density at radius 2 is 2.19 bits per heavy atom. The van der Waals surface area contributed by atoms with Crippen molar-refractivity contribution in [3.8, 4) is 0 Å². The van der Waals surface area contributed by atoms with E-state index in [1.165, 1.54) is 13.2 Å². The fourth-order valence-corrected chi connectivity index (χ4v) is 2.39. The third-order valence-electron chi connectivity index (χ3n) is 1.83. The van der Waals surface area contributed by atoms with Gasteiger partial charge in [0.1, 0.15) is 10.3 Å². The van der Waals surface area contributed by atoms with Crippen molar-refractivity contribution in [1.29, 1.82) is 0 Å². The lowest BCUT2D eigenvalue weighted by Gasteiger charge is -2.09. The maximum atomic E-state index is 12.7. The molecule has 0 aliphatic rings. The number of esters is 1. The fourth-order valence-electron chi connectivity index (χ4n) is 1.10. The number of aromatic nitrogens is 1. The summed E-state index contributed by atoms with van der Waals surface area (Å²) in [6, 6.07) is 1.50. The number of nitrogens with zero attached hydrogens (tertiary/aromatic N) is 1. The Balaban J connectivity index is 3.19. The number of rotatable bonds is 3. The smallest absolute Gasteiger partial charge is 0.310 e. The van der Waals surface area contributed by atoms with Crippen LogP contribution in [0.25, 0.3) is 0 Å². The molecule has 16 heavy (non-hydrogen) atoms. The molecule has 1 aromatic heterocycles. The number of halogens is 4. The molecular weight excluding hydrogens is 352 g/mol. The molecule has 0 aromatic carbocycles. The van der Waals surface area contributed by atoms with E-state index in [1.807, 2.05) is 0 Å². The van der Waals surface area contributed by atoms with Gasteiger partial charge in [-0.25, -0.2) is 13.8 Å². The molecular formula is C9H7Br2F2NO2. The van der Waals surface area contributed by atoms with Gasteiger partial charge in [0.25, 0.3) is 6.43 Å². The number of carbonyl (C=O) groups excluding carboxylic acids is 1. The van der Waals surface area contributed by atoms with Crippen molar-refractivity contribution in [3.63, 3.8) is 0 Å². The molecule has 0 unspecified atom stereocenters. The van der Waals surface area contributed by atoms with Crippen molar-refractivity contribution in [2.45, 2.75) is 12.8 Å². The second-order valence-electron chi connectivity index (χ2n) is 2.84. The lowest BCUT2D eigenvalue weighted by molar-refractivity contribution is -0.139. The fraction of sp³-hybridized carbons (Fsp3) is 0.333. The molecule has 0 bridgehead atoms. The summed E-state index contributed by atoms with van der Waals surface area (Å²) in [6.07, 6.45) is -2.98. The predicted octanol–water partition coefficient (Wildman–Crippen LogP) is 3.26. The van der Waals surface area contributed by atoms with Gasteiger partial charge in [-0.1, -0.05) is 15.9 Å². The van der Waals surface area contributed by atoms with Gasteiger partial charge in [-0.05, 0) is 22.0 Å². The summed E-state index contributed by atoms with van der Waals surface area (Å²) >= 11 is 6.12. The molecule has 3 nitrogen and oxygen atoms in total. The molecule has 0 spiro atoms. The molecule has 88 valence electrons. The molecule has 0 N–H and O–H groups in total. The Morgan fingerprint density at radius 3 is 2.69 bits per heavy atom. The Morgan fingerprint density at radius 1 is 1.56 bits per heavy atom. The number of carbonyl (C=O) groups is 1. The van der Waals surface area contributed by atoms with Crippen molar-refractivity contribution >= 4 is 37.8 Å². The predicted molar refractivity (Wildman–Crippen MR) is 60.3 cm³/mol. The van der Waals surface area contributed by atoms with Gasteiger partial charge in [0.15, 0.2) is 0 Å². The monoisotopic (exact) mass is 357 g/mol. The molecule has 0 amide bonds. The van der Waals surface area contributed by atoms with Crippen molar-refractivity contribution in [1.82, 2.24) is 4.98 Å². The average molecular weight is 359 g/mol. The molecule has 0 saturated carbocycles. The Labute approximate surface area is 107 Å². The van der Waals surface area contributed by atoms with Crippen LogP contribution in [0.4, 0.5) is 8.78 Å². The molecule has 1 rings (SSSR count). The molecule has 1 aromatic rings. The van der Waals surface area contributed by atoms with E-state index >= 15 is 0 Å². The highest BCUT2D eigenvalue weighted by Crippen LogP contribution is 2.30. The third kappa shape index (κ3) is 3.21. The van der Waals surface area contributed by atoms with Crippen molar-refractivity contribution in [2.75, 3.05) is 7.11 Å². The Hall–Kier alpha value is -0.560. The van der Waals surface area contributed by atoms with E-state index in [0.717, 1.165) is 0 Å². The van der Waals surface area contributed by atoms with Crippen LogP contribution >= 0.6 is 31.9 Å². The summed E-state index contributed by atoms with van der Waals surface area (Å²) in [5.74, 6) is -0.591. The van der Waals surface area contributed by atoms with E-state index < -0.39 is 18.1 Å². The van der Waals surface area contributed by atoms with Crippen LogP contribution in [-0.2, 0) is 16.0 Å². The minimum Gasteiger partial charge on any atom is -0.469 e. The van der Waals surface area contributed by atoms with Gasteiger partial charge in [-0.15, -0.1) is 0 Å². The van der Waals surface area contributed by atoms with Crippen LogP contribution < -0.4 is 0 Å². The second kappa shape index (κ2) is 5.67. The van der Waals surface area contributed by atoms with Crippen molar-refractivity contribution in [2.24, 2.45) is 0 Å². The first-order valence-electron chi connectivity index (χ1n) is 4.15. The minimum absolute atomic E-state index is 0.144. The molecule has 0 saturated heterocycles. The first kappa shape index (κ1) is 13.5. The third-order valence-corrected chi connectivity index (χ3v) is 2.94. The van der Waals surface area contributed by atoms with E-state index in [4.69, 9.17) is 0 Å². The lowest BCUT2D eigenvalue weighted by Crippen LogP contribution is -2.09. The number of alkyl halides is 2. The molecule has 1 heterocycles. The highest BCUT2D eigenvalue weighted by molar-refractivity contribution is 9.11. The Bertz CT molecular complexity index is 413. The SMILES string of the molecule is COC(=O)Cc1c(Br)cc(Br)nc1C(F)F. The highest BCUT2D eigenvalue weighted by Gasteiger charge is 2.20. The van der Waals surface area contributed by atoms with Gasteiger partial charge < -0.3 is 4.74 Å². The molecule has 0 radical (unpaired) electrons. The summed E-state index contributed by atoms with van der Waals surface area (Å²) in [6.45, 7) is 0. The van der Waals surface area contributed by atoms with Crippen molar-refractivity contribution < 1.29 is 18.3 Å². The van der Waals surface area contributed by atoms with E-state index in [9.17, 15) is 13.6 Å². The van der Waals surface area contributed by atoms with Gasteiger partial charge >= 0.3 is 5.97 Å². The Kier molecular flexibility index (Phi) is 4.79. The van der Waals surface area contributed by atoms with Crippen LogP contribution in [0, 0.1) is 0 Å². The zero-order valence-corrected chi connectivity index (χ0v) is 11.3. The number of ether oxygens (including phenoxy) is 1. The standard InChI is InChI=1S/C9H7Br2F2NO2/c1-16-7(15)2-4-5(10)3-6(11)14-8(4)9(12)13/h3,9H,2H2,1H3. The minimum atomic E-state index is -2.74. The normalized spacial score (nSPS) is 10.6. The van der Waals surface area contributed by atoms with Crippen LogP contribution in [0.5, 0.6) is 0 Å². The molecule has 7 heteroatoms.